The summed E-state index contributed by atoms with van der Waals surface area (Å²) in [5.74, 6) is 6.29. The van der Waals surface area contributed by atoms with E-state index in [1.165, 1.54) is 0 Å². The summed E-state index contributed by atoms with van der Waals surface area (Å²) in [4.78, 5) is 11.9. The average molecular weight is 314 g/mol. The van der Waals surface area contributed by atoms with Crippen molar-refractivity contribution in [1.82, 2.24) is 5.32 Å². The molecule has 2 aromatic carbocycles. The molecular formula is C18H16ClNO2. The van der Waals surface area contributed by atoms with E-state index >= 15 is 0 Å². The Bertz CT molecular complexity index is 716. The lowest BCUT2D eigenvalue weighted by molar-refractivity contribution is 0.0959. The van der Waals surface area contributed by atoms with Crippen LogP contribution in [0.15, 0.2) is 48.5 Å². The Morgan fingerprint density at radius 2 is 1.86 bits per heavy atom. The SMILES string of the molecule is Cc1ccccc1OCC#CCNC(=O)c1ccccc1Cl. The molecule has 2 aromatic rings. The minimum atomic E-state index is -0.236. The summed E-state index contributed by atoms with van der Waals surface area (Å²) in [6, 6.07) is 14.6. The van der Waals surface area contributed by atoms with Gasteiger partial charge in [0, 0.05) is 0 Å². The lowest BCUT2D eigenvalue weighted by Gasteiger charge is -2.04. The van der Waals surface area contributed by atoms with Crippen LogP contribution in [0.4, 0.5) is 0 Å². The first-order chi connectivity index (χ1) is 10.7. The molecule has 0 fully saturated rings. The summed E-state index contributed by atoms with van der Waals surface area (Å²) < 4.78 is 5.54. The minimum Gasteiger partial charge on any atom is -0.481 e. The maximum Gasteiger partial charge on any atom is 0.253 e. The Balaban J connectivity index is 1.77. The molecule has 1 N–H and O–H groups in total. The van der Waals surface area contributed by atoms with Gasteiger partial charge in [-0.15, -0.1) is 0 Å². The van der Waals surface area contributed by atoms with Gasteiger partial charge in [-0.1, -0.05) is 53.8 Å². The number of halogens is 1. The topological polar surface area (TPSA) is 38.3 Å². The summed E-state index contributed by atoms with van der Waals surface area (Å²) in [5.41, 5.74) is 1.51. The van der Waals surface area contributed by atoms with Crippen molar-refractivity contribution in [3.05, 3.63) is 64.7 Å². The van der Waals surface area contributed by atoms with Crippen molar-refractivity contribution >= 4 is 17.5 Å². The third-order valence-electron chi connectivity index (χ3n) is 2.97. The third kappa shape index (κ3) is 4.54. The number of hydrogen-bond donors (Lipinski definition) is 1. The highest BCUT2D eigenvalue weighted by atomic mass is 35.5. The van der Waals surface area contributed by atoms with Crippen LogP contribution >= 0.6 is 11.6 Å². The highest BCUT2D eigenvalue weighted by Gasteiger charge is 2.07. The monoisotopic (exact) mass is 313 g/mol. The van der Waals surface area contributed by atoms with Crippen molar-refractivity contribution in [1.29, 1.82) is 0 Å². The zero-order valence-electron chi connectivity index (χ0n) is 12.2. The average Bonchev–Trinajstić information content (AvgIpc) is 2.52. The fourth-order valence-corrected chi connectivity index (χ4v) is 2.03. The largest absolute Gasteiger partial charge is 0.481 e. The Kier molecular flexibility index (Phi) is 5.88. The molecule has 0 saturated heterocycles. The molecule has 0 bridgehead atoms. The van der Waals surface area contributed by atoms with Gasteiger partial charge in [0.05, 0.1) is 17.1 Å². The second-order valence-electron chi connectivity index (χ2n) is 4.57. The molecular weight excluding hydrogens is 298 g/mol. The van der Waals surface area contributed by atoms with Crippen LogP contribution in [-0.4, -0.2) is 19.1 Å². The minimum absolute atomic E-state index is 0.236. The van der Waals surface area contributed by atoms with Crippen molar-refractivity contribution in [2.75, 3.05) is 13.2 Å². The van der Waals surface area contributed by atoms with Gasteiger partial charge in [-0.05, 0) is 30.7 Å². The maximum absolute atomic E-state index is 11.9. The summed E-state index contributed by atoms with van der Waals surface area (Å²) in [6.07, 6.45) is 0. The van der Waals surface area contributed by atoms with Crippen LogP contribution < -0.4 is 10.1 Å². The molecule has 112 valence electrons. The molecule has 1 amide bonds. The summed E-state index contributed by atoms with van der Waals surface area (Å²) >= 11 is 5.95. The number of para-hydroxylation sites is 1. The van der Waals surface area contributed by atoms with Crippen LogP contribution in [0.2, 0.25) is 5.02 Å². The van der Waals surface area contributed by atoms with Crippen molar-refractivity contribution in [3.63, 3.8) is 0 Å². The molecule has 0 aliphatic rings. The molecule has 0 radical (unpaired) electrons. The van der Waals surface area contributed by atoms with Gasteiger partial charge in [0.2, 0.25) is 0 Å². The van der Waals surface area contributed by atoms with Gasteiger partial charge in [0.15, 0.2) is 0 Å². The quantitative estimate of drug-likeness (QED) is 0.878. The summed E-state index contributed by atoms with van der Waals surface area (Å²) in [6.45, 7) is 2.51. The van der Waals surface area contributed by atoms with Gasteiger partial charge in [-0.25, -0.2) is 0 Å². The van der Waals surface area contributed by atoms with Crippen molar-refractivity contribution in [3.8, 4) is 17.6 Å². The molecule has 0 saturated carbocycles. The first-order valence-electron chi connectivity index (χ1n) is 6.85. The lowest BCUT2D eigenvalue weighted by atomic mass is 10.2. The fraction of sp³-hybridized carbons (Fsp3) is 0.167. The zero-order chi connectivity index (χ0) is 15.8. The Hall–Kier alpha value is -2.44. The van der Waals surface area contributed by atoms with Crippen LogP contribution in [0, 0.1) is 18.8 Å². The van der Waals surface area contributed by atoms with Crippen LogP contribution in [0.25, 0.3) is 0 Å². The van der Waals surface area contributed by atoms with Gasteiger partial charge < -0.3 is 10.1 Å². The number of hydrogen-bond acceptors (Lipinski definition) is 2. The van der Waals surface area contributed by atoms with E-state index in [0.717, 1.165) is 11.3 Å². The molecule has 0 unspecified atom stereocenters. The highest BCUT2D eigenvalue weighted by Crippen LogP contribution is 2.15. The van der Waals surface area contributed by atoms with E-state index in [-0.39, 0.29) is 19.1 Å². The smallest absolute Gasteiger partial charge is 0.253 e. The molecule has 0 heterocycles. The van der Waals surface area contributed by atoms with E-state index in [0.29, 0.717) is 10.6 Å². The number of nitrogens with one attached hydrogen (secondary N) is 1. The second kappa shape index (κ2) is 8.11. The van der Waals surface area contributed by atoms with Crippen LogP contribution in [0.1, 0.15) is 15.9 Å². The lowest BCUT2D eigenvalue weighted by Crippen LogP contribution is -2.23. The van der Waals surface area contributed by atoms with Crippen LogP contribution in [0.5, 0.6) is 5.75 Å². The number of aryl methyl sites for hydroxylation is 1. The van der Waals surface area contributed by atoms with E-state index in [9.17, 15) is 4.79 Å². The number of amides is 1. The molecule has 3 nitrogen and oxygen atoms in total. The number of ether oxygens (including phenoxy) is 1. The molecule has 0 aromatic heterocycles. The Morgan fingerprint density at radius 3 is 2.64 bits per heavy atom. The number of carbonyl (C=O) groups is 1. The van der Waals surface area contributed by atoms with E-state index in [4.69, 9.17) is 16.3 Å². The van der Waals surface area contributed by atoms with Gasteiger partial charge in [0.25, 0.3) is 5.91 Å². The van der Waals surface area contributed by atoms with Crippen molar-refractivity contribution < 1.29 is 9.53 Å². The normalized spacial score (nSPS) is 9.55. The van der Waals surface area contributed by atoms with E-state index in [2.05, 4.69) is 17.2 Å². The van der Waals surface area contributed by atoms with E-state index in [1.54, 1.807) is 24.3 Å². The standard InChI is InChI=1S/C18H16ClNO2/c1-14-8-2-5-11-17(14)22-13-7-6-12-20-18(21)15-9-3-4-10-16(15)19/h2-5,8-11H,12-13H2,1H3,(H,20,21). The molecule has 2 rings (SSSR count). The fourth-order valence-electron chi connectivity index (χ4n) is 1.81. The van der Waals surface area contributed by atoms with Gasteiger partial charge in [-0.3, -0.25) is 4.79 Å². The number of carbonyl (C=O) groups excluding carboxylic acids is 1. The molecule has 0 aliphatic heterocycles. The Labute approximate surface area is 135 Å². The van der Waals surface area contributed by atoms with Crippen LogP contribution in [0.3, 0.4) is 0 Å². The molecule has 0 atom stereocenters. The molecule has 22 heavy (non-hydrogen) atoms. The summed E-state index contributed by atoms with van der Waals surface area (Å²) in [5, 5.41) is 3.12. The third-order valence-corrected chi connectivity index (χ3v) is 3.30. The van der Waals surface area contributed by atoms with Gasteiger partial charge in [-0.2, -0.15) is 0 Å². The summed E-state index contributed by atoms with van der Waals surface area (Å²) in [7, 11) is 0. The van der Waals surface area contributed by atoms with Crippen LogP contribution in [-0.2, 0) is 0 Å². The zero-order valence-corrected chi connectivity index (χ0v) is 13.0. The highest BCUT2D eigenvalue weighted by molar-refractivity contribution is 6.33. The van der Waals surface area contributed by atoms with E-state index < -0.39 is 0 Å². The molecule has 0 aliphatic carbocycles. The van der Waals surface area contributed by atoms with Gasteiger partial charge in [0.1, 0.15) is 12.4 Å². The predicted molar refractivity (Wildman–Crippen MR) is 88.2 cm³/mol. The first-order valence-corrected chi connectivity index (χ1v) is 7.23. The Morgan fingerprint density at radius 1 is 1.14 bits per heavy atom. The molecule has 0 spiro atoms. The van der Waals surface area contributed by atoms with Gasteiger partial charge >= 0.3 is 0 Å². The predicted octanol–water partition coefficient (Wildman–Crippen LogP) is 3.46. The number of rotatable bonds is 4. The van der Waals surface area contributed by atoms with E-state index in [1.807, 2.05) is 31.2 Å². The van der Waals surface area contributed by atoms with Crippen molar-refractivity contribution in [2.24, 2.45) is 0 Å². The maximum atomic E-state index is 11.9. The molecule has 4 heteroatoms. The number of benzene rings is 2. The first kappa shape index (κ1) is 15.9. The second-order valence-corrected chi connectivity index (χ2v) is 4.98. The van der Waals surface area contributed by atoms with Crippen molar-refractivity contribution in [2.45, 2.75) is 6.92 Å².